The van der Waals surface area contributed by atoms with Crippen LogP contribution in [0.25, 0.3) is 0 Å². The van der Waals surface area contributed by atoms with Crippen molar-refractivity contribution in [3.8, 4) is 0 Å². The molecule has 2 aliphatic heterocycles. The third kappa shape index (κ3) is 20.0. The fraction of sp³-hybridized carbons (Fsp3) is 0.795. The van der Waals surface area contributed by atoms with E-state index in [-0.39, 0.29) is 18.9 Å². The smallest absolute Gasteiger partial charge is 0.220 e. The summed E-state index contributed by atoms with van der Waals surface area (Å²) in [5.74, 6) is -0.232. The SMILES string of the molecule is CC/C=C\C/C=C\C/C=C\C/C=C\CCCCCCCCC(=O)NC(COC1OC(CO)C(OC2OC(CO)C(O)C(O)C2O)C(O)C1O)C(O)CCCCCCC. The molecule has 0 aromatic rings. The van der Waals surface area contributed by atoms with Crippen LogP contribution in [-0.2, 0) is 23.7 Å². The lowest BCUT2D eigenvalue weighted by atomic mass is 9.97. The van der Waals surface area contributed by atoms with E-state index in [9.17, 15) is 45.6 Å². The highest BCUT2D eigenvalue weighted by Gasteiger charge is 2.51. The summed E-state index contributed by atoms with van der Waals surface area (Å²) in [4.78, 5) is 13.0. The fourth-order valence-electron chi connectivity index (χ4n) is 6.93. The number of carbonyl (C=O) groups is 1. The highest BCUT2D eigenvalue weighted by Crippen LogP contribution is 2.30. The molecule has 0 bridgehead atoms. The van der Waals surface area contributed by atoms with Crippen LogP contribution in [0, 0.1) is 0 Å². The maximum absolute atomic E-state index is 13.0. The summed E-state index contributed by atoms with van der Waals surface area (Å²) < 4.78 is 22.5. The Hall–Kier alpha value is -2.05. The standard InChI is InChI=1S/C44H77NO13/c1-3-5-7-9-10-11-12-13-14-15-16-17-18-19-20-21-22-24-26-28-36(49)45-32(33(48)27-25-23-8-6-4-2)31-55-43-41(54)39(52)42(35(30-47)57-43)58-44-40(53)38(51)37(50)34(29-46)56-44/h5,7,10-11,13-14,16-17,32-35,37-44,46-48,50-54H,3-4,6,8-9,12,15,18-31H2,1-2H3,(H,45,49)/b7-5-,11-10-,14-13-,17-16-. The Labute approximate surface area is 346 Å². The molecule has 2 saturated heterocycles. The van der Waals surface area contributed by atoms with Crippen molar-refractivity contribution in [2.24, 2.45) is 0 Å². The summed E-state index contributed by atoms with van der Waals surface area (Å²) in [5, 5.41) is 86.1. The van der Waals surface area contributed by atoms with E-state index >= 15 is 0 Å². The maximum atomic E-state index is 13.0. The highest BCUT2D eigenvalue weighted by molar-refractivity contribution is 5.76. The van der Waals surface area contributed by atoms with E-state index in [1.807, 2.05) is 0 Å². The van der Waals surface area contributed by atoms with E-state index in [0.29, 0.717) is 12.8 Å². The lowest BCUT2D eigenvalue weighted by Crippen LogP contribution is -2.65. The molecule has 336 valence electrons. The molecule has 12 unspecified atom stereocenters. The van der Waals surface area contributed by atoms with Gasteiger partial charge in [-0.05, 0) is 51.4 Å². The summed E-state index contributed by atoms with van der Waals surface area (Å²) in [7, 11) is 0. The van der Waals surface area contributed by atoms with Crippen molar-refractivity contribution >= 4 is 5.91 Å². The van der Waals surface area contributed by atoms with Crippen molar-refractivity contribution in [3.63, 3.8) is 0 Å². The number of hydrogen-bond acceptors (Lipinski definition) is 13. The van der Waals surface area contributed by atoms with E-state index in [1.54, 1.807) is 0 Å². The van der Waals surface area contributed by atoms with Gasteiger partial charge in [0.05, 0.1) is 32.0 Å². The lowest BCUT2D eigenvalue weighted by Gasteiger charge is -2.46. The Morgan fingerprint density at radius 2 is 1.19 bits per heavy atom. The van der Waals surface area contributed by atoms with E-state index in [0.717, 1.165) is 96.3 Å². The van der Waals surface area contributed by atoms with Gasteiger partial charge in [0, 0.05) is 6.42 Å². The number of hydrogen-bond donors (Lipinski definition) is 9. The van der Waals surface area contributed by atoms with Crippen molar-refractivity contribution < 1.29 is 64.6 Å². The minimum absolute atomic E-state index is 0.232. The molecule has 0 spiro atoms. The molecular weight excluding hydrogens is 750 g/mol. The first kappa shape index (κ1) is 52.1. The number of carbonyl (C=O) groups excluding carboxylic acids is 1. The van der Waals surface area contributed by atoms with Crippen molar-refractivity contribution in [2.75, 3.05) is 19.8 Å². The van der Waals surface area contributed by atoms with Crippen LogP contribution in [0.3, 0.4) is 0 Å². The number of aliphatic hydroxyl groups is 8. The summed E-state index contributed by atoms with van der Waals surface area (Å²) in [6, 6.07) is -0.833. The molecule has 0 aromatic heterocycles. The molecule has 2 rings (SSSR count). The second-order valence-electron chi connectivity index (χ2n) is 15.4. The zero-order valence-corrected chi connectivity index (χ0v) is 35.0. The average Bonchev–Trinajstić information content (AvgIpc) is 3.22. The Morgan fingerprint density at radius 1 is 0.638 bits per heavy atom. The first-order valence-electron chi connectivity index (χ1n) is 21.9. The van der Waals surface area contributed by atoms with Crippen LogP contribution >= 0.6 is 0 Å². The van der Waals surface area contributed by atoms with E-state index in [4.69, 9.17) is 18.9 Å². The maximum Gasteiger partial charge on any atom is 0.220 e. The Kier molecular flexibility index (Phi) is 28.5. The molecule has 58 heavy (non-hydrogen) atoms. The number of aliphatic hydroxyl groups excluding tert-OH is 8. The summed E-state index contributed by atoms with van der Waals surface area (Å²) >= 11 is 0. The lowest BCUT2D eigenvalue weighted by molar-refractivity contribution is -0.359. The third-order valence-corrected chi connectivity index (χ3v) is 10.6. The predicted molar refractivity (Wildman–Crippen MR) is 221 cm³/mol. The fourth-order valence-corrected chi connectivity index (χ4v) is 6.93. The molecule has 12 atom stereocenters. The molecule has 2 aliphatic rings. The molecule has 2 heterocycles. The van der Waals surface area contributed by atoms with Gasteiger partial charge in [0.25, 0.3) is 0 Å². The van der Waals surface area contributed by atoms with Crippen LogP contribution in [0.5, 0.6) is 0 Å². The molecule has 0 aromatic carbocycles. The molecule has 0 aliphatic carbocycles. The topological polar surface area (TPSA) is 228 Å². The van der Waals surface area contributed by atoms with Crippen LogP contribution < -0.4 is 5.32 Å². The van der Waals surface area contributed by atoms with E-state index in [1.165, 1.54) is 0 Å². The number of unbranched alkanes of at least 4 members (excludes halogenated alkanes) is 10. The molecule has 14 heteroatoms. The Balaban J connectivity index is 1.79. The Bertz CT molecular complexity index is 1160. The van der Waals surface area contributed by atoms with Gasteiger partial charge in [-0.15, -0.1) is 0 Å². The van der Waals surface area contributed by atoms with Gasteiger partial charge < -0.3 is 65.1 Å². The molecular formula is C44H77NO13. The second kappa shape index (κ2) is 31.8. The number of nitrogens with one attached hydrogen (secondary N) is 1. The minimum Gasteiger partial charge on any atom is -0.394 e. The molecule has 14 nitrogen and oxygen atoms in total. The normalized spacial score (nSPS) is 29.3. The predicted octanol–water partition coefficient (Wildman–Crippen LogP) is 3.76. The number of amides is 1. The number of ether oxygens (including phenoxy) is 4. The first-order chi connectivity index (χ1) is 28.1. The van der Waals surface area contributed by atoms with Gasteiger partial charge in [0.2, 0.25) is 5.91 Å². The van der Waals surface area contributed by atoms with Crippen molar-refractivity contribution in [1.29, 1.82) is 0 Å². The highest BCUT2D eigenvalue weighted by atomic mass is 16.7. The minimum atomic E-state index is -1.78. The van der Waals surface area contributed by atoms with Crippen molar-refractivity contribution in [3.05, 3.63) is 48.6 Å². The van der Waals surface area contributed by atoms with Gasteiger partial charge >= 0.3 is 0 Å². The molecule has 2 fully saturated rings. The zero-order chi connectivity index (χ0) is 42.5. The zero-order valence-electron chi connectivity index (χ0n) is 35.0. The van der Waals surface area contributed by atoms with Gasteiger partial charge in [-0.25, -0.2) is 0 Å². The van der Waals surface area contributed by atoms with Gasteiger partial charge in [-0.3, -0.25) is 4.79 Å². The van der Waals surface area contributed by atoms with Crippen molar-refractivity contribution in [1.82, 2.24) is 5.32 Å². The van der Waals surface area contributed by atoms with Gasteiger partial charge in [-0.2, -0.15) is 0 Å². The average molecular weight is 828 g/mol. The van der Waals surface area contributed by atoms with Crippen LogP contribution in [0.4, 0.5) is 0 Å². The molecule has 1 amide bonds. The molecule has 0 saturated carbocycles. The van der Waals surface area contributed by atoms with Gasteiger partial charge in [0.15, 0.2) is 12.6 Å². The van der Waals surface area contributed by atoms with E-state index in [2.05, 4.69) is 67.8 Å². The van der Waals surface area contributed by atoms with Crippen LogP contribution in [0.15, 0.2) is 48.6 Å². The molecule has 9 N–H and O–H groups in total. The molecule has 0 radical (unpaired) electrons. The largest absolute Gasteiger partial charge is 0.394 e. The Morgan fingerprint density at radius 3 is 1.83 bits per heavy atom. The van der Waals surface area contributed by atoms with Gasteiger partial charge in [-0.1, -0.05) is 120 Å². The summed E-state index contributed by atoms with van der Waals surface area (Å²) in [6.07, 6.45) is 17.5. The summed E-state index contributed by atoms with van der Waals surface area (Å²) in [5.41, 5.74) is 0. The first-order valence-corrected chi connectivity index (χ1v) is 21.9. The second-order valence-corrected chi connectivity index (χ2v) is 15.4. The number of allylic oxidation sites excluding steroid dienone is 8. The third-order valence-electron chi connectivity index (χ3n) is 10.6. The van der Waals surface area contributed by atoms with Crippen LogP contribution in [0.1, 0.15) is 129 Å². The van der Waals surface area contributed by atoms with E-state index < -0.39 is 86.8 Å². The summed E-state index contributed by atoms with van der Waals surface area (Å²) in [6.45, 7) is 2.59. The number of rotatable bonds is 31. The quantitative estimate of drug-likeness (QED) is 0.0359. The van der Waals surface area contributed by atoms with Crippen molar-refractivity contribution in [2.45, 2.75) is 203 Å². The van der Waals surface area contributed by atoms with Gasteiger partial charge in [0.1, 0.15) is 48.8 Å². The van der Waals surface area contributed by atoms with Crippen LogP contribution in [-0.4, -0.2) is 140 Å². The van der Waals surface area contributed by atoms with Crippen LogP contribution in [0.2, 0.25) is 0 Å². The monoisotopic (exact) mass is 828 g/mol.